The summed E-state index contributed by atoms with van der Waals surface area (Å²) in [5.41, 5.74) is 0.818. The minimum atomic E-state index is -0.204. The number of amides is 2. The molecule has 24 heavy (non-hydrogen) atoms. The fourth-order valence-corrected chi connectivity index (χ4v) is 3.11. The number of hydrogen-bond donors (Lipinski definition) is 1. The van der Waals surface area contributed by atoms with Crippen molar-refractivity contribution < 1.29 is 9.53 Å². The fraction of sp³-hybridized carbons (Fsp3) is 0.706. The second-order valence-electron chi connectivity index (χ2n) is 6.91. The Balaban J connectivity index is 1.61. The van der Waals surface area contributed by atoms with Crippen LogP contribution in [0.15, 0.2) is 12.3 Å². The van der Waals surface area contributed by atoms with E-state index in [9.17, 15) is 4.79 Å². The third-order valence-corrected chi connectivity index (χ3v) is 4.96. The summed E-state index contributed by atoms with van der Waals surface area (Å²) in [5.74, 6) is 1.28. The number of aromatic nitrogens is 2. The van der Waals surface area contributed by atoms with E-state index in [0.717, 1.165) is 5.69 Å². The zero-order valence-electron chi connectivity index (χ0n) is 14.7. The van der Waals surface area contributed by atoms with Gasteiger partial charge in [-0.05, 0) is 31.7 Å². The van der Waals surface area contributed by atoms with E-state index < -0.39 is 0 Å². The summed E-state index contributed by atoms with van der Waals surface area (Å²) < 4.78 is 5.83. The van der Waals surface area contributed by atoms with E-state index in [1.54, 1.807) is 6.20 Å². The SMILES string of the molecule is C[C@@H](NC(=O)N1CCO[C@@H](c2ccnc(N(C)C)n2)C1)C1CCC1. The van der Waals surface area contributed by atoms with Crippen molar-refractivity contribution >= 4 is 12.0 Å². The van der Waals surface area contributed by atoms with Crippen LogP contribution >= 0.6 is 0 Å². The monoisotopic (exact) mass is 333 g/mol. The summed E-state index contributed by atoms with van der Waals surface area (Å²) >= 11 is 0. The maximum Gasteiger partial charge on any atom is 0.317 e. The summed E-state index contributed by atoms with van der Waals surface area (Å²) in [6.07, 6.45) is 5.26. The van der Waals surface area contributed by atoms with Crippen LogP contribution in [0.3, 0.4) is 0 Å². The first-order valence-electron chi connectivity index (χ1n) is 8.72. The van der Waals surface area contributed by atoms with Crippen molar-refractivity contribution in [3.8, 4) is 0 Å². The van der Waals surface area contributed by atoms with Gasteiger partial charge in [-0.15, -0.1) is 0 Å². The van der Waals surface area contributed by atoms with Crippen molar-refractivity contribution in [3.05, 3.63) is 18.0 Å². The maximum atomic E-state index is 12.5. The molecule has 0 unspecified atom stereocenters. The van der Waals surface area contributed by atoms with Crippen LogP contribution in [0.25, 0.3) is 0 Å². The molecule has 1 aliphatic heterocycles. The number of nitrogens with one attached hydrogen (secondary N) is 1. The lowest BCUT2D eigenvalue weighted by Gasteiger charge is -2.36. The van der Waals surface area contributed by atoms with Gasteiger partial charge < -0.3 is 19.9 Å². The number of rotatable bonds is 4. The van der Waals surface area contributed by atoms with Crippen LogP contribution in [-0.4, -0.2) is 60.7 Å². The molecule has 2 heterocycles. The second kappa shape index (κ2) is 7.34. The van der Waals surface area contributed by atoms with Gasteiger partial charge in [0.25, 0.3) is 0 Å². The third kappa shape index (κ3) is 3.77. The van der Waals surface area contributed by atoms with Crippen LogP contribution in [0.1, 0.15) is 38.0 Å². The largest absolute Gasteiger partial charge is 0.368 e. The molecular formula is C17H27N5O2. The second-order valence-corrected chi connectivity index (χ2v) is 6.91. The Bertz CT molecular complexity index is 576. The van der Waals surface area contributed by atoms with E-state index in [0.29, 0.717) is 31.6 Å². The highest BCUT2D eigenvalue weighted by molar-refractivity contribution is 5.74. The summed E-state index contributed by atoms with van der Waals surface area (Å²) in [6.45, 7) is 3.77. The van der Waals surface area contributed by atoms with E-state index in [-0.39, 0.29) is 18.2 Å². The zero-order valence-corrected chi connectivity index (χ0v) is 14.7. The Morgan fingerprint density at radius 3 is 2.92 bits per heavy atom. The molecule has 1 saturated carbocycles. The molecule has 0 spiro atoms. The van der Waals surface area contributed by atoms with Crippen LogP contribution in [0.5, 0.6) is 0 Å². The number of urea groups is 1. The van der Waals surface area contributed by atoms with Gasteiger partial charge in [-0.1, -0.05) is 6.42 Å². The van der Waals surface area contributed by atoms with Crippen LogP contribution in [0.4, 0.5) is 10.7 Å². The smallest absolute Gasteiger partial charge is 0.317 e. The first-order chi connectivity index (χ1) is 11.5. The quantitative estimate of drug-likeness (QED) is 0.910. The molecule has 2 aliphatic rings. The first-order valence-corrected chi connectivity index (χ1v) is 8.72. The van der Waals surface area contributed by atoms with E-state index in [1.165, 1.54) is 19.3 Å². The molecule has 1 aromatic heterocycles. The van der Waals surface area contributed by atoms with Crippen molar-refractivity contribution in [2.75, 3.05) is 38.7 Å². The van der Waals surface area contributed by atoms with E-state index in [2.05, 4.69) is 22.2 Å². The van der Waals surface area contributed by atoms with Gasteiger partial charge in [0.05, 0.1) is 18.8 Å². The molecule has 0 bridgehead atoms. The number of nitrogens with zero attached hydrogens (tertiary/aromatic N) is 4. The number of carbonyl (C=O) groups is 1. The van der Waals surface area contributed by atoms with Crippen LogP contribution in [0, 0.1) is 5.92 Å². The molecule has 1 aliphatic carbocycles. The first kappa shape index (κ1) is 17.0. The highest BCUT2D eigenvalue weighted by Crippen LogP contribution is 2.29. The molecule has 3 rings (SSSR count). The van der Waals surface area contributed by atoms with Gasteiger partial charge in [0.1, 0.15) is 6.10 Å². The minimum Gasteiger partial charge on any atom is -0.368 e. The van der Waals surface area contributed by atoms with Gasteiger partial charge in [-0.3, -0.25) is 0 Å². The normalized spacial score (nSPS) is 22.6. The van der Waals surface area contributed by atoms with E-state index in [4.69, 9.17) is 4.74 Å². The Labute approximate surface area is 143 Å². The van der Waals surface area contributed by atoms with Crippen LogP contribution in [0.2, 0.25) is 0 Å². The fourth-order valence-electron chi connectivity index (χ4n) is 3.11. The minimum absolute atomic E-state index is 0.00425. The van der Waals surface area contributed by atoms with Crippen LogP contribution in [-0.2, 0) is 4.74 Å². The van der Waals surface area contributed by atoms with Gasteiger partial charge in [-0.25, -0.2) is 14.8 Å². The lowest BCUT2D eigenvalue weighted by Crippen LogP contribution is -2.51. The number of ether oxygens (including phenoxy) is 1. The predicted octanol–water partition coefficient (Wildman–Crippen LogP) is 1.81. The molecule has 2 fully saturated rings. The molecule has 7 heteroatoms. The van der Waals surface area contributed by atoms with Crippen molar-refractivity contribution in [2.24, 2.45) is 5.92 Å². The average molecular weight is 333 g/mol. The van der Waals surface area contributed by atoms with Gasteiger partial charge >= 0.3 is 6.03 Å². The van der Waals surface area contributed by atoms with Gasteiger partial charge in [-0.2, -0.15) is 0 Å². The van der Waals surface area contributed by atoms with Crippen molar-refractivity contribution in [2.45, 2.75) is 38.3 Å². The lowest BCUT2D eigenvalue weighted by molar-refractivity contribution is -0.0183. The molecule has 1 saturated heterocycles. The molecule has 0 radical (unpaired) electrons. The molecule has 1 N–H and O–H groups in total. The van der Waals surface area contributed by atoms with Crippen LogP contribution < -0.4 is 10.2 Å². The Morgan fingerprint density at radius 2 is 2.25 bits per heavy atom. The topological polar surface area (TPSA) is 70.6 Å². The number of carbonyl (C=O) groups excluding carboxylic acids is 1. The summed E-state index contributed by atoms with van der Waals surface area (Å²) in [5, 5.41) is 3.14. The maximum absolute atomic E-state index is 12.5. The number of anilines is 1. The standard InChI is InChI=1S/C17H27N5O2/c1-12(13-5-4-6-13)19-17(23)22-9-10-24-15(11-22)14-7-8-18-16(20-14)21(2)3/h7-8,12-13,15H,4-6,9-11H2,1-3H3,(H,19,23)/t12-,15-/m1/s1. The number of morpholine rings is 1. The third-order valence-electron chi connectivity index (χ3n) is 4.96. The number of hydrogen-bond acceptors (Lipinski definition) is 5. The summed E-state index contributed by atoms with van der Waals surface area (Å²) in [4.78, 5) is 25.0. The highest BCUT2D eigenvalue weighted by atomic mass is 16.5. The Kier molecular flexibility index (Phi) is 5.18. The molecule has 2 atom stereocenters. The molecule has 7 nitrogen and oxygen atoms in total. The van der Waals surface area contributed by atoms with E-state index in [1.807, 2.05) is 30.0 Å². The Hall–Kier alpha value is -1.89. The molecule has 1 aromatic rings. The molecule has 2 amide bonds. The zero-order chi connectivity index (χ0) is 17.1. The molecular weight excluding hydrogens is 306 g/mol. The molecule has 132 valence electrons. The van der Waals surface area contributed by atoms with Crippen molar-refractivity contribution in [1.29, 1.82) is 0 Å². The Morgan fingerprint density at radius 1 is 1.46 bits per heavy atom. The predicted molar refractivity (Wildman–Crippen MR) is 92.0 cm³/mol. The van der Waals surface area contributed by atoms with E-state index >= 15 is 0 Å². The van der Waals surface area contributed by atoms with Crippen molar-refractivity contribution in [1.82, 2.24) is 20.2 Å². The van der Waals surface area contributed by atoms with Gasteiger partial charge in [0, 0.05) is 32.9 Å². The summed E-state index contributed by atoms with van der Waals surface area (Å²) in [6, 6.07) is 2.10. The summed E-state index contributed by atoms with van der Waals surface area (Å²) in [7, 11) is 3.81. The lowest BCUT2D eigenvalue weighted by atomic mass is 9.80. The van der Waals surface area contributed by atoms with Gasteiger partial charge in [0.2, 0.25) is 5.95 Å². The average Bonchev–Trinajstić information content (AvgIpc) is 2.53. The molecule has 0 aromatic carbocycles. The van der Waals surface area contributed by atoms with Crippen molar-refractivity contribution in [3.63, 3.8) is 0 Å². The van der Waals surface area contributed by atoms with Gasteiger partial charge in [0.15, 0.2) is 0 Å². The highest BCUT2D eigenvalue weighted by Gasteiger charge is 2.30.